The molecular formula is C16H23NO5S. The normalized spacial score (nSPS) is 31.8. The summed E-state index contributed by atoms with van der Waals surface area (Å²) in [5.41, 5.74) is 3.16. The Bertz CT molecular complexity index is 682. The number of methoxy groups -OCH3 is 1. The lowest BCUT2D eigenvalue weighted by Crippen LogP contribution is -2.44. The minimum absolute atomic E-state index is 0.795. The molecule has 2 N–H and O–H groups in total. The van der Waals surface area contributed by atoms with Crippen molar-refractivity contribution in [2.45, 2.75) is 43.7 Å². The molecule has 23 heavy (non-hydrogen) atoms. The standard InChI is InChI=1S/C16H21NO.H2O4S/c1-17-11-4-6-16(17)15-7-10-3-5-12(18-2)9-13(10)14(15)8-11;1-5(2,3)4/h3,5,9,11,14-16H,4,6-8H2,1-2H3;(H2,1,2,3,4)/t11?,14-,15+,16?;/m1./s1. The van der Waals surface area contributed by atoms with Crippen molar-refractivity contribution in [3.8, 4) is 5.75 Å². The lowest BCUT2D eigenvalue weighted by atomic mass is 9.81. The second kappa shape index (κ2) is 6.05. The average molecular weight is 341 g/mol. The predicted octanol–water partition coefficient (Wildman–Crippen LogP) is 2.16. The number of rotatable bonds is 1. The van der Waals surface area contributed by atoms with Gasteiger partial charge in [-0.3, -0.25) is 9.11 Å². The third-order valence-corrected chi connectivity index (χ3v) is 5.64. The van der Waals surface area contributed by atoms with Crippen molar-refractivity contribution in [3.63, 3.8) is 0 Å². The van der Waals surface area contributed by atoms with E-state index in [1.807, 2.05) is 0 Å². The van der Waals surface area contributed by atoms with Gasteiger partial charge in [0.25, 0.3) is 0 Å². The molecule has 1 aliphatic carbocycles. The van der Waals surface area contributed by atoms with Gasteiger partial charge in [0.1, 0.15) is 5.75 Å². The summed E-state index contributed by atoms with van der Waals surface area (Å²) in [5, 5.41) is 0. The second-order valence-corrected chi connectivity index (χ2v) is 7.58. The lowest BCUT2D eigenvalue weighted by Gasteiger charge is -2.40. The van der Waals surface area contributed by atoms with Gasteiger partial charge in [-0.2, -0.15) is 8.42 Å². The SMILES string of the molecule is COc1ccc2c(c1)[C@H]1CC3CCC([C@H]1C2)N3C.O=S(=O)(O)O. The molecule has 4 atom stereocenters. The van der Waals surface area contributed by atoms with E-state index in [1.54, 1.807) is 18.2 Å². The van der Waals surface area contributed by atoms with E-state index >= 15 is 0 Å². The first kappa shape index (κ1) is 16.7. The number of hydrogen-bond donors (Lipinski definition) is 2. The summed E-state index contributed by atoms with van der Waals surface area (Å²) in [7, 11) is -0.561. The molecule has 4 rings (SSSR count). The maximum atomic E-state index is 8.74. The fourth-order valence-corrected chi connectivity index (χ4v) is 4.70. The van der Waals surface area contributed by atoms with Gasteiger partial charge in [-0.15, -0.1) is 0 Å². The first-order valence-electron chi connectivity index (χ1n) is 7.86. The van der Waals surface area contributed by atoms with Gasteiger partial charge in [0, 0.05) is 12.1 Å². The van der Waals surface area contributed by atoms with Gasteiger partial charge in [0.2, 0.25) is 0 Å². The zero-order valence-corrected chi connectivity index (χ0v) is 14.2. The lowest BCUT2D eigenvalue weighted by molar-refractivity contribution is 0.109. The van der Waals surface area contributed by atoms with Crippen molar-refractivity contribution in [2.24, 2.45) is 5.92 Å². The number of hydrogen-bond acceptors (Lipinski definition) is 4. The number of piperidine rings is 1. The number of nitrogens with zero attached hydrogens (tertiary/aromatic N) is 1. The largest absolute Gasteiger partial charge is 0.497 e. The van der Waals surface area contributed by atoms with Crippen LogP contribution in [0.3, 0.4) is 0 Å². The highest BCUT2D eigenvalue weighted by Crippen LogP contribution is 2.52. The van der Waals surface area contributed by atoms with Crippen LogP contribution in [0.1, 0.15) is 36.3 Å². The summed E-state index contributed by atoms with van der Waals surface area (Å²) in [4.78, 5) is 2.66. The maximum Gasteiger partial charge on any atom is 0.394 e. The van der Waals surface area contributed by atoms with Gasteiger partial charge < -0.3 is 9.64 Å². The van der Waals surface area contributed by atoms with E-state index in [4.69, 9.17) is 22.3 Å². The molecule has 2 unspecified atom stereocenters. The summed E-state index contributed by atoms with van der Waals surface area (Å²) >= 11 is 0. The Labute approximate surface area is 137 Å². The zero-order valence-electron chi connectivity index (χ0n) is 13.3. The molecule has 0 radical (unpaired) electrons. The third kappa shape index (κ3) is 3.38. The molecule has 0 spiro atoms. The average Bonchev–Trinajstić information content (AvgIpc) is 2.93. The van der Waals surface area contributed by atoms with Crippen molar-refractivity contribution < 1.29 is 22.3 Å². The summed E-state index contributed by atoms with van der Waals surface area (Å²) in [6, 6.07) is 8.36. The van der Waals surface area contributed by atoms with Crippen LogP contribution in [-0.2, 0) is 16.8 Å². The van der Waals surface area contributed by atoms with Crippen molar-refractivity contribution >= 4 is 10.4 Å². The number of ether oxygens (including phenoxy) is 1. The van der Waals surface area contributed by atoms with Gasteiger partial charge in [0.05, 0.1) is 7.11 Å². The molecule has 2 aliphatic heterocycles. The highest BCUT2D eigenvalue weighted by atomic mass is 32.3. The predicted molar refractivity (Wildman–Crippen MR) is 86.3 cm³/mol. The van der Waals surface area contributed by atoms with Crippen LogP contribution >= 0.6 is 0 Å². The molecule has 128 valence electrons. The molecule has 0 amide bonds. The van der Waals surface area contributed by atoms with Crippen LogP contribution in [0.5, 0.6) is 5.75 Å². The molecule has 1 aromatic carbocycles. The Morgan fingerprint density at radius 1 is 1.26 bits per heavy atom. The van der Waals surface area contributed by atoms with Crippen LogP contribution < -0.4 is 4.74 Å². The highest BCUT2D eigenvalue weighted by Gasteiger charge is 2.48. The van der Waals surface area contributed by atoms with E-state index in [-0.39, 0.29) is 0 Å². The molecule has 0 saturated carbocycles. The Kier molecular flexibility index (Phi) is 4.39. The van der Waals surface area contributed by atoms with Crippen molar-refractivity contribution in [2.75, 3.05) is 14.2 Å². The van der Waals surface area contributed by atoms with E-state index < -0.39 is 10.4 Å². The molecule has 2 saturated heterocycles. The maximum absolute atomic E-state index is 8.74. The number of benzene rings is 1. The summed E-state index contributed by atoms with van der Waals surface area (Å²) in [6.07, 6.45) is 5.46. The van der Waals surface area contributed by atoms with Crippen LogP contribution in [0, 0.1) is 5.92 Å². The smallest absolute Gasteiger partial charge is 0.394 e. The molecule has 0 aromatic heterocycles. The fraction of sp³-hybridized carbons (Fsp3) is 0.625. The first-order chi connectivity index (χ1) is 10.8. The van der Waals surface area contributed by atoms with Crippen LogP contribution in [-0.4, -0.2) is 48.7 Å². The first-order valence-corrected chi connectivity index (χ1v) is 9.26. The van der Waals surface area contributed by atoms with Gasteiger partial charge >= 0.3 is 10.4 Å². The van der Waals surface area contributed by atoms with E-state index in [0.717, 1.165) is 29.7 Å². The van der Waals surface area contributed by atoms with Crippen LogP contribution in [0.2, 0.25) is 0 Å². The van der Waals surface area contributed by atoms with Crippen LogP contribution in [0.4, 0.5) is 0 Å². The Hall–Kier alpha value is -1.15. The van der Waals surface area contributed by atoms with Crippen LogP contribution in [0.15, 0.2) is 18.2 Å². The summed E-state index contributed by atoms with van der Waals surface area (Å²) in [6.45, 7) is 0. The molecule has 6 nitrogen and oxygen atoms in total. The molecule has 2 bridgehead atoms. The van der Waals surface area contributed by atoms with Crippen LogP contribution in [0.25, 0.3) is 0 Å². The molecule has 2 fully saturated rings. The van der Waals surface area contributed by atoms with Gasteiger partial charge in [-0.05, 0) is 67.8 Å². The molecule has 7 heteroatoms. The second-order valence-electron chi connectivity index (χ2n) is 6.69. The van der Waals surface area contributed by atoms with E-state index in [0.29, 0.717) is 0 Å². The topological polar surface area (TPSA) is 87.1 Å². The quantitative estimate of drug-likeness (QED) is 0.761. The van der Waals surface area contributed by atoms with Gasteiger partial charge in [0.15, 0.2) is 0 Å². The van der Waals surface area contributed by atoms with Gasteiger partial charge in [-0.25, -0.2) is 0 Å². The number of fused-ring (bicyclic) bond motifs is 6. The monoisotopic (exact) mass is 341 g/mol. The minimum atomic E-state index is -4.67. The zero-order chi connectivity index (χ0) is 16.8. The Morgan fingerprint density at radius 3 is 2.61 bits per heavy atom. The molecule has 3 aliphatic rings. The van der Waals surface area contributed by atoms with E-state index in [1.165, 1.54) is 25.7 Å². The fourth-order valence-electron chi connectivity index (χ4n) is 4.70. The highest BCUT2D eigenvalue weighted by molar-refractivity contribution is 7.79. The molecule has 1 aromatic rings. The Balaban J connectivity index is 0.000000276. The van der Waals surface area contributed by atoms with Crippen molar-refractivity contribution in [1.82, 2.24) is 4.90 Å². The molecular weight excluding hydrogens is 318 g/mol. The minimum Gasteiger partial charge on any atom is -0.497 e. The van der Waals surface area contributed by atoms with Crippen molar-refractivity contribution in [1.29, 1.82) is 0 Å². The van der Waals surface area contributed by atoms with E-state index in [9.17, 15) is 0 Å². The summed E-state index contributed by atoms with van der Waals surface area (Å²) in [5.74, 6) is 2.68. The Morgan fingerprint density at radius 2 is 1.96 bits per heavy atom. The van der Waals surface area contributed by atoms with E-state index in [2.05, 4.69) is 30.1 Å². The summed E-state index contributed by atoms with van der Waals surface area (Å²) < 4.78 is 37.0. The molecule has 2 heterocycles. The van der Waals surface area contributed by atoms with Gasteiger partial charge in [-0.1, -0.05) is 6.07 Å². The van der Waals surface area contributed by atoms with Crippen molar-refractivity contribution in [3.05, 3.63) is 29.3 Å². The third-order valence-electron chi connectivity index (χ3n) is 5.64.